The first-order chi connectivity index (χ1) is 8.97. The minimum absolute atomic E-state index is 0.178. The number of nitro benzene ring substituents is 1. The van der Waals surface area contributed by atoms with Crippen LogP contribution in [-0.4, -0.2) is 17.4 Å². The molecule has 1 rings (SSSR count). The summed E-state index contributed by atoms with van der Waals surface area (Å²) in [5.41, 5.74) is -1.58. The van der Waals surface area contributed by atoms with Crippen molar-refractivity contribution in [1.29, 1.82) is 0 Å². The normalized spacial score (nSPS) is 9.42. The Morgan fingerprint density at radius 2 is 2.11 bits per heavy atom. The zero-order chi connectivity index (χ0) is 14.4. The zero-order valence-corrected chi connectivity index (χ0v) is 10.00. The predicted molar refractivity (Wildman–Crippen MR) is 63.4 cm³/mol. The fraction of sp³-hybridized carbons (Fsp3) is 0.250. The fourth-order valence-electron chi connectivity index (χ4n) is 1.31. The van der Waals surface area contributed by atoms with Crippen molar-refractivity contribution in [3.63, 3.8) is 0 Å². The van der Waals surface area contributed by atoms with Gasteiger partial charge in [0.05, 0.1) is 16.6 Å². The molecule has 0 radical (unpaired) electrons. The number of hydrogen-bond acceptors (Lipinski definition) is 3. The molecule has 1 aromatic carbocycles. The Morgan fingerprint density at radius 3 is 2.68 bits per heavy atom. The van der Waals surface area contributed by atoms with Crippen molar-refractivity contribution in [3.8, 4) is 11.8 Å². The maximum absolute atomic E-state index is 13.5. The quantitative estimate of drug-likeness (QED) is 0.393. The summed E-state index contributed by atoms with van der Waals surface area (Å²) in [4.78, 5) is 20.8. The molecule has 5 nitrogen and oxygen atoms in total. The molecule has 0 saturated carbocycles. The first kappa shape index (κ1) is 14.6. The van der Waals surface area contributed by atoms with Gasteiger partial charge in [0.25, 0.3) is 5.91 Å². The summed E-state index contributed by atoms with van der Waals surface area (Å²) in [5, 5.41) is 12.7. The molecule has 1 N–H and O–H groups in total. The average molecular weight is 268 g/mol. The molecule has 0 bridgehead atoms. The largest absolute Gasteiger partial charge is 0.351 e. The number of nitrogens with zero attached hydrogens (tertiary/aromatic N) is 1. The van der Waals surface area contributed by atoms with Crippen LogP contribution in [0.4, 0.5) is 14.5 Å². The van der Waals surface area contributed by atoms with Gasteiger partial charge in [-0.3, -0.25) is 14.9 Å². The molecule has 100 valence electrons. The molecule has 0 fully saturated rings. The molecule has 0 heterocycles. The number of amides is 1. The summed E-state index contributed by atoms with van der Waals surface area (Å²) in [7, 11) is 0. The number of hydrogen-bond donors (Lipinski definition) is 1. The number of nitrogens with one attached hydrogen (secondary N) is 1. The Morgan fingerprint density at radius 1 is 1.42 bits per heavy atom. The monoisotopic (exact) mass is 268 g/mol. The molecule has 1 amide bonds. The first-order valence-electron chi connectivity index (χ1n) is 5.28. The smallest absolute Gasteiger partial charge is 0.307 e. The van der Waals surface area contributed by atoms with Gasteiger partial charge in [-0.2, -0.15) is 4.39 Å². The molecule has 19 heavy (non-hydrogen) atoms. The van der Waals surface area contributed by atoms with Crippen LogP contribution in [0.1, 0.15) is 23.7 Å². The molecule has 0 aliphatic rings. The first-order valence-corrected chi connectivity index (χ1v) is 5.28. The van der Waals surface area contributed by atoms with Crippen molar-refractivity contribution in [2.24, 2.45) is 0 Å². The van der Waals surface area contributed by atoms with Gasteiger partial charge in [0.15, 0.2) is 0 Å². The van der Waals surface area contributed by atoms with Gasteiger partial charge >= 0.3 is 5.69 Å². The molecule has 0 saturated heterocycles. The van der Waals surface area contributed by atoms with E-state index in [9.17, 15) is 23.7 Å². The number of carbonyl (C=O) groups is 1. The van der Waals surface area contributed by atoms with E-state index in [2.05, 4.69) is 17.2 Å². The van der Waals surface area contributed by atoms with E-state index in [1.54, 1.807) is 6.92 Å². The van der Waals surface area contributed by atoms with E-state index in [0.717, 1.165) is 0 Å². The summed E-state index contributed by atoms with van der Waals surface area (Å²) in [6.45, 7) is 1.81. The van der Waals surface area contributed by atoms with Crippen molar-refractivity contribution in [3.05, 3.63) is 39.4 Å². The van der Waals surface area contributed by atoms with Crippen LogP contribution >= 0.6 is 0 Å². The minimum atomic E-state index is -1.26. The van der Waals surface area contributed by atoms with Gasteiger partial charge in [-0.15, -0.1) is 11.8 Å². The minimum Gasteiger partial charge on any atom is -0.351 e. The maximum Gasteiger partial charge on any atom is 0.307 e. The third-order valence-corrected chi connectivity index (χ3v) is 2.19. The predicted octanol–water partition coefficient (Wildman–Crippen LogP) is 2.02. The lowest BCUT2D eigenvalue weighted by Gasteiger charge is -2.04. The molecule has 0 atom stereocenters. The number of nitro groups is 1. The second-order valence-electron chi connectivity index (χ2n) is 3.47. The topological polar surface area (TPSA) is 72.2 Å². The summed E-state index contributed by atoms with van der Waals surface area (Å²) in [6, 6.07) is 0.893. The van der Waals surface area contributed by atoms with E-state index in [1.807, 2.05) is 0 Å². The second-order valence-corrected chi connectivity index (χ2v) is 3.47. The van der Waals surface area contributed by atoms with Gasteiger partial charge in [-0.1, -0.05) is 0 Å². The third kappa shape index (κ3) is 3.74. The Kier molecular flexibility index (Phi) is 4.94. The number of benzene rings is 1. The third-order valence-electron chi connectivity index (χ3n) is 2.19. The van der Waals surface area contributed by atoms with E-state index >= 15 is 0 Å². The molecular weight excluding hydrogens is 258 g/mol. The highest BCUT2D eigenvalue weighted by molar-refractivity contribution is 5.94. The van der Waals surface area contributed by atoms with Crippen LogP contribution in [-0.2, 0) is 0 Å². The van der Waals surface area contributed by atoms with Crippen LogP contribution in [0.25, 0.3) is 0 Å². The molecule has 0 aliphatic heterocycles. The van der Waals surface area contributed by atoms with Crippen LogP contribution in [0.5, 0.6) is 0 Å². The Labute approximate surface area is 107 Å². The fourth-order valence-corrected chi connectivity index (χ4v) is 1.31. The van der Waals surface area contributed by atoms with Crippen molar-refractivity contribution in [2.75, 3.05) is 6.54 Å². The Bertz CT molecular complexity index is 576. The van der Waals surface area contributed by atoms with Gasteiger partial charge < -0.3 is 5.32 Å². The highest BCUT2D eigenvalue weighted by atomic mass is 19.1. The molecular formula is C12H10F2N2O3. The average Bonchev–Trinajstić information content (AvgIpc) is 2.36. The molecule has 0 aliphatic carbocycles. The van der Waals surface area contributed by atoms with Crippen molar-refractivity contribution < 1.29 is 18.5 Å². The zero-order valence-electron chi connectivity index (χ0n) is 10.00. The number of carbonyl (C=O) groups excluding carboxylic acids is 1. The van der Waals surface area contributed by atoms with Gasteiger partial charge in [0.2, 0.25) is 5.82 Å². The van der Waals surface area contributed by atoms with Gasteiger partial charge in [-0.05, 0) is 13.0 Å². The van der Waals surface area contributed by atoms with E-state index in [4.69, 9.17) is 0 Å². The summed E-state index contributed by atoms with van der Waals surface area (Å²) in [5.74, 6) is 2.05. The van der Waals surface area contributed by atoms with Crippen molar-refractivity contribution in [2.45, 2.75) is 13.3 Å². The van der Waals surface area contributed by atoms with E-state index in [-0.39, 0.29) is 6.54 Å². The number of rotatable bonds is 4. The highest BCUT2D eigenvalue weighted by Crippen LogP contribution is 2.21. The molecule has 0 unspecified atom stereocenters. The van der Waals surface area contributed by atoms with Gasteiger partial charge in [0, 0.05) is 13.0 Å². The molecule has 0 spiro atoms. The lowest BCUT2D eigenvalue weighted by Crippen LogP contribution is -2.25. The van der Waals surface area contributed by atoms with Crippen LogP contribution in [0.2, 0.25) is 0 Å². The van der Waals surface area contributed by atoms with E-state index in [1.165, 1.54) is 0 Å². The maximum atomic E-state index is 13.5. The standard InChI is InChI=1S/C12H10F2N2O3/c1-2-3-4-5-15-12(17)8-6-10(14)11(16(18)19)7-9(8)13/h6-7H,4-5H2,1H3,(H,15,17). The van der Waals surface area contributed by atoms with Gasteiger partial charge in [-0.25, -0.2) is 4.39 Å². The van der Waals surface area contributed by atoms with Crippen molar-refractivity contribution >= 4 is 11.6 Å². The van der Waals surface area contributed by atoms with Crippen LogP contribution in [0.3, 0.4) is 0 Å². The van der Waals surface area contributed by atoms with Crippen LogP contribution < -0.4 is 5.32 Å². The SMILES string of the molecule is CC#CCCNC(=O)c1cc(F)c([N+](=O)[O-])cc1F. The molecule has 0 aromatic heterocycles. The molecule has 1 aromatic rings. The van der Waals surface area contributed by atoms with E-state index < -0.39 is 33.7 Å². The van der Waals surface area contributed by atoms with Crippen molar-refractivity contribution in [1.82, 2.24) is 5.32 Å². The lowest BCUT2D eigenvalue weighted by molar-refractivity contribution is -0.387. The highest BCUT2D eigenvalue weighted by Gasteiger charge is 2.21. The van der Waals surface area contributed by atoms with Crippen LogP contribution in [0, 0.1) is 33.6 Å². The molecule has 7 heteroatoms. The summed E-state index contributed by atoms with van der Waals surface area (Å²) in [6.07, 6.45) is 0.374. The second kappa shape index (κ2) is 6.44. The van der Waals surface area contributed by atoms with E-state index in [0.29, 0.717) is 18.6 Å². The Balaban J connectivity index is 2.88. The summed E-state index contributed by atoms with van der Waals surface area (Å²) >= 11 is 0. The number of halogens is 2. The van der Waals surface area contributed by atoms with Gasteiger partial charge in [0.1, 0.15) is 5.82 Å². The van der Waals surface area contributed by atoms with Crippen LogP contribution in [0.15, 0.2) is 12.1 Å². The lowest BCUT2D eigenvalue weighted by atomic mass is 10.1. The summed E-state index contributed by atoms with van der Waals surface area (Å²) < 4.78 is 26.7. The Hall–Kier alpha value is -2.49.